The molecule has 1 rings (SSSR count). The first kappa shape index (κ1) is 18.1. The van der Waals surface area contributed by atoms with Crippen LogP contribution in [0.5, 0.6) is 0 Å². The minimum Gasteiger partial charge on any atom is -0.309 e. The smallest absolute Gasteiger partial charge is 0.128 e. The van der Waals surface area contributed by atoms with Gasteiger partial charge in [-0.1, -0.05) is 52.8 Å². The van der Waals surface area contributed by atoms with Crippen molar-refractivity contribution in [2.24, 2.45) is 0 Å². The van der Waals surface area contributed by atoms with Crippen molar-refractivity contribution in [2.45, 2.75) is 59.0 Å². The molecule has 0 aliphatic rings. The molecule has 1 aromatic rings. The topological polar surface area (TPSA) is 15.3 Å². The van der Waals surface area contributed by atoms with Gasteiger partial charge in [0.1, 0.15) is 5.82 Å². The standard InChI is InChI=1S/C18H31FN2/c1-6-18(7-2,21(9-4)10-5)17(20-8-3)15-13-11-12-14-16(15)19/h11-14,17,20H,6-10H2,1-5H3. The Balaban J connectivity index is 3.36. The molecule has 120 valence electrons. The molecule has 1 unspecified atom stereocenters. The highest BCUT2D eigenvalue weighted by atomic mass is 19.1. The first-order valence-corrected chi connectivity index (χ1v) is 8.33. The van der Waals surface area contributed by atoms with Gasteiger partial charge in [-0.25, -0.2) is 4.39 Å². The van der Waals surface area contributed by atoms with E-state index in [9.17, 15) is 4.39 Å². The van der Waals surface area contributed by atoms with Crippen molar-refractivity contribution in [3.05, 3.63) is 35.6 Å². The third-order valence-electron chi connectivity index (χ3n) is 4.78. The molecule has 0 aliphatic carbocycles. The van der Waals surface area contributed by atoms with Crippen LogP contribution < -0.4 is 5.32 Å². The van der Waals surface area contributed by atoms with E-state index >= 15 is 0 Å². The molecule has 0 amide bonds. The van der Waals surface area contributed by atoms with E-state index in [0.29, 0.717) is 0 Å². The van der Waals surface area contributed by atoms with Crippen LogP contribution in [-0.2, 0) is 0 Å². The van der Waals surface area contributed by atoms with Gasteiger partial charge in [0.05, 0.1) is 6.04 Å². The van der Waals surface area contributed by atoms with Crippen LogP contribution in [0.25, 0.3) is 0 Å². The quantitative estimate of drug-likeness (QED) is 0.727. The number of hydrogen-bond acceptors (Lipinski definition) is 2. The Labute approximate surface area is 129 Å². The summed E-state index contributed by atoms with van der Waals surface area (Å²) in [7, 11) is 0. The van der Waals surface area contributed by atoms with Crippen LogP contribution in [0, 0.1) is 5.82 Å². The van der Waals surface area contributed by atoms with E-state index < -0.39 is 0 Å². The zero-order chi connectivity index (χ0) is 15.9. The van der Waals surface area contributed by atoms with Crippen LogP contribution in [0.2, 0.25) is 0 Å². The third kappa shape index (κ3) is 3.64. The van der Waals surface area contributed by atoms with Gasteiger partial charge in [-0.05, 0) is 38.5 Å². The Bertz CT molecular complexity index is 411. The molecule has 21 heavy (non-hydrogen) atoms. The molecule has 1 N–H and O–H groups in total. The molecule has 1 atom stereocenters. The minimum atomic E-state index is -0.109. The second-order valence-corrected chi connectivity index (χ2v) is 5.50. The summed E-state index contributed by atoms with van der Waals surface area (Å²) in [5.74, 6) is -0.109. The van der Waals surface area contributed by atoms with E-state index in [0.717, 1.165) is 38.0 Å². The normalized spacial score (nSPS) is 13.7. The molecule has 0 spiro atoms. The largest absolute Gasteiger partial charge is 0.309 e. The van der Waals surface area contributed by atoms with Crippen molar-refractivity contribution < 1.29 is 4.39 Å². The average Bonchev–Trinajstić information content (AvgIpc) is 2.52. The van der Waals surface area contributed by atoms with E-state index in [-0.39, 0.29) is 17.4 Å². The summed E-state index contributed by atoms with van der Waals surface area (Å²) < 4.78 is 14.4. The highest BCUT2D eigenvalue weighted by Crippen LogP contribution is 2.38. The number of nitrogens with zero attached hydrogens (tertiary/aromatic N) is 1. The van der Waals surface area contributed by atoms with Gasteiger partial charge >= 0.3 is 0 Å². The molecular formula is C18H31FN2. The summed E-state index contributed by atoms with van der Waals surface area (Å²) in [5, 5.41) is 3.55. The zero-order valence-corrected chi connectivity index (χ0v) is 14.2. The molecular weight excluding hydrogens is 263 g/mol. The summed E-state index contributed by atoms with van der Waals surface area (Å²) >= 11 is 0. The highest BCUT2D eigenvalue weighted by molar-refractivity contribution is 5.25. The van der Waals surface area contributed by atoms with Gasteiger partial charge in [-0.3, -0.25) is 4.90 Å². The molecule has 0 aromatic heterocycles. The fourth-order valence-corrected chi connectivity index (χ4v) is 3.64. The van der Waals surface area contributed by atoms with Crippen LogP contribution in [0.1, 0.15) is 59.1 Å². The van der Waals surface area contributed by atoms with Crippen molar-refractivity contribution in [1.29, 1.82) is 0 Å². The number of likely N-dealkylation sites (N-methyl/N-ethyl adjacent to an activating group) is 2. The van der Waals surface area contributed by atoms with E-state index in [1.54, 1.807) is 12.1 Å². The summed E-state index contributed by atoms with van der Waals surface area (Å²) in [6, 6.07) is 7.20. The lowest BCUT2D eigenvalue weighted by Crippen LogP contribution is -2.56. The molecule has 0 heterocycles. The monoisotopic (exact) mass is 294 g/mol. The SMILES string of the molecule is CCNC(c1ccccc1F)C(CC)(CC)N(CC)CC. The van der Waals surface area contributed by atoms with Gasteiger partial charge in [0.2, 0.25) is 0 Å². The van der Waals surface area contributed by atoms with Gasteiger partial charge in [0.25, 0.3) is 0 Å². The second-order valence-electron chi connectivity index (χ2n) is 5.50. The molecule has 0 aliphatic heterocycles. The van der Waals surface area contributed by atoms with Crippen molar-refractivity contribution in [3.63, 3.8) is 0 Å². The Hall–Kier alpha value is -0.930. The van der Waals surface area contributed by atoms with Crippen molar-refractivity contribution >= 4 is 0 Å². The summed E-state index contributed by atoms with van der Waals surface area (Å²) in [6.07, 6.45) is 1.99. The van der Waals surface area contributed by atoms with Gasteiger partial charge in [0.15, 0.2) is 0 Å². The molecule has 0 fully saturated rings. The fourth-order valence-electron chi connectivity index (χ4n) is 3.64. The number of benzene rings is 1. The summed E-state index contributed by atoms with van der Waals surface area (Å²) in [4.78, 5) is 2.48. The molecule has 0 saturated heterocycles. The molecule has 1 aromatic carbocycles. The fraction of sp³-hybridized carbons (Fsp3) is 0.667. The van der Waals surface area contributed by atoms with E-state index in [1.165, 1.54) is 0 Å². The van der Waals surface area contributed by atoms with E-state index in [2.05, 4.69) is 44.8 Å². The first-order chi connectivity index (χ1) is 10.1. The number of halogens is 1. The van der Waals surface area contributed by atoms with E-state index in [4.69, 9.17) is 0 Å². The van der Waals surface area contributed by atoms with Crippen LogP contribution in [0.4, 0.5) is 4.39 Å². The van der Waals surface area contributed by atoms with Gasteiger partial charge in [0, 0.05) is 11.1 Å². The molecule has 2 nitrogen and oxygen atoms in total. The lowest BCUT2D eigenvalue weighted by atomic mass is 9.78. The Morgan fingerprint density at radius 3 is 2.05 bits per heavy atom. The third-order valence-corrected chi connectivity index (χ3v) is 4.78. The van der Waals surface area contributed by atoms with Crippen LogP contribution in [0.3, 0.4) is 0 Å². The molecule has 0 bridgehead atoms. The summed E-state index contributed by atoms with van der Waals surface area (Å²) in [6.45, 7) is 13.7. The molecule has 0 saturated carbocycles. The zero-order valence-electron chi connectivity index (χ0n) is 14.2. The highest BCUT2D eigenvalue weighted by Gasteiger charge is 2.41. The lowest BCUT2D eigenvalue weighted by molar-refractivity contribution is 0.0480. The molecule has 3 heteroatoms. The van der Waals surface area contributed by atoms with Crippen molar-refractivity contribution in [2.75, 3.05) is 19.6 Å². The predicted octanol–water partition coefficient (Wildman–Crippen LogP) is 4.38. The number of hydrogen-bond donors (Lipinski definition) is 1. The first-order valence-electron chi connectivity index (χ1n) is 8.33. The second kappa shape index (κ2) is 8.50. The van der Waals surface area contributed by atoms with Gasteiger partial charge < -0.3 is 5.32 Å². The lowest BCUT2D eigenvalue weighted by Gasteiger charge is -2.48. The maximum absolute atomic E-state index is 14.4. The van der Waals surface area contributed by atoms with Crippen LogP contribution >= 0.6 is 0 Å². The van der Waals surface area contributed by atoms with E-state index in [1.807, 2.05) is 12.1 Å². The summed E-state index contributed by atoms with van der Waals surface area (Å²) in [5.41, 5.74) is 0.733. The molecule has 0 radical (unpaired) electrons. The van der Waals surface area contributed by atoms with Crippen molar-refractivity contribution in [1.82, 2.24) is 10.2 Å². The van der Waals surface area contributed by atoms with Gasteiger partial charge in [-0.2, -0.15) is 0 Å². The Morgan fingerprint density at radius 1 is 1.05 bits per heavy atom. The van der Waals surface area contributed by atoms with Crippen LogP contribution in [-0.4, -0.2) is 30.1 Å². The number of nitrogens with one attached hydrogen (secondary N) is 1. The Kier molecular flexibility index (Phi) is 7.33. The number of rotatable bonds is 9. The van der Waals surface area contributed by atoms with Crippen LogP contribution in [0.15, 0.2) is 24.3 Å². The predicted molar refractivity (Wildman–Crippen MR) is 89.1 cm³/mol. The average molecular weight is 294 g/mol. The maximum Gasteiger partial charge on any atom is 0.128 e. The maximum atomic E-state index is 14.4. The van der Waals surface area contributed by atoms with Gasteiger partial charge in [-0.15, -0.1) is 0 Å². The minimum absolute atomic E-state index is 0.0126. The van der Waals surface area contributed by atoms with Crippen molar-refractivity contribution in [3.8, 4) is 0 Å². The Morgan fingerprint density at radius 2 is 1.62 bits per heavy atom.